The molecule has 1 aromatic heterocycles. The van der Waals surface area contributed by atoms with Crippen LogP contribution in [0.3, 0.4) is 0 Å². The van der Waals surface area contributed by atoms with Gasteiger partial charge in [0.25, 0.3) is 5.56 Å². The molecule has 32 heavy (non-hydrogen) atoms. The third-order valence-corrected chi connectivity index (χ3v) is 5.82. The van der Waals surface area contributed by atoms with E-state index in [0.29, 0.717) is 36.2 Å². The predicted octanol–water partition coefficient (Wildman–Crippen LogP) is 5.57. The summed E-state index contributed by atoms with van der Waals surface area (Å²) in [5, 5.41) is 0.602. The van der Waals surface area contributed by atoms with Gasteiger partial charge in [-0.2, -0.15) is 0 Å². The van der Waals surface area contributed by atoms with Gasteiger partial charge in [-0.15, -0.1) is 0 Å². The molecule has 0 aliphatic carbocycles. The minimum atomic E-state index is -0.292. The molecule has 0 radical (unpaired) electrons. The highest BCUT2D eigenvalue weighted by Crippen LogP contribution is 2.23. The van der Waals surface area contributed by atoms with Crippen molar-refractivity contribution in [3.8, 4) is 0 Å². The first kappa shape index (κ1) is 23.7. The average molecular weight is 434 g/mol. The number of fused-ring (bicyclic) bond motifs is 1. The van der Waals surface area contributed by atoms with E-state index in [4.69, 9.17) is 4.98 Å². The lowest BCUT2D eigenvalue weighted by Crippen LogP contribution is -2.39. The lowest BCUT2D eigenvalue weighted by Gasteiger charge is -2.31. The van der Waals surface area contributed by atoms with Gasteiger partial charge in [0.1, 0.15) is 5.82 Å². The number of aromatic nitrogens is 2. The van der Waals surface area contributed by atoms with Crippen LogP contribution in [0.1, 0.15) is 70.8 Å². The van der Waals surface area contributed by atoms with Gasteiger partial charge in [0.15, 0.2) is 0 Å². The molecule has 1 unspecified atom stereocenters. The van der Waals surface area contributed by atoms with Gasteiger partial charge < -0.3 is 4.90 Å². The molecular formula is C27H35N3O2. The Balaban J connectivity index is 2.09. The molecule has 1 heterocycles. The van der Waals surface area contributed by atoms with Crippen LogP contribution < -0.4 is 5.56 Å². The van der Waals surface area contributed by atoms with E-state index in [0.717, 1.165) is 24.8 Å². The summed E-state index contributed by atoms with van der Waals surface area (Å²) in [6.45, 7) is 9.39. The average Bonchev–Trinajstić information content (AvgIpc) is 2.78. The van der Waals surface area contributed by atoms with E-state index >= 15 is 0 Å². The fourth-order valence-electron chi connectivity index (χ4n) is 4.10. The molecule has 3 rings (SSSR count). The number of amides is 1. The number of benzene rings is 2. The van der Waals surface area contributed by atoms with Crippen molar-refractivity contribution in [2.45, 2.75) is 66.0 Å². The molecule has 5 nitrogen and oxygen atoms in total. The molecule has 170 valence electrons. The largest absolute Gasteiger partial charge is 0.333 e. The molecule has 3 aromatic rings. The van der Waals surface area contributed by atoms with Gasteiger partial charge >= 0.3 is 0 Å². The van der Waals surface area contributed by atoms with Crippen LogP contribution in [0.25, 0.3) is 10.9 Å². The highest BCUT2D eigenvalue weighted by molar-refractivity contribution is 5.78. The van der Waals surface area contributed by atoms with Crippen LogP contribution in [0.15, 0.2) is 59.4 Å². The van der Waals surface area contributed by atoms with Crippen molar-refractivity contribution in [2.24, 2.45) is 5.92 Å². The monoisotopic (exact) mass is 433 g/mol. The maximum Gasteiger partial charge on any atom is 0.261 e. The van der Waals surface area contributed by atoms with Crippen LogP contribution in [-0.2, 0) is 11.3 Å². The number of para-hydroxylation sites is 1. The number of carbonyl (C=O) groups is 1. The Labute approximate surface area is 191 Å². The molecule has 0 fully saturated rings. The fourth-order valence-corrected chi connectivity index (χ4v) is 4.10. The van der Waals surface area contributed by atoms with Crippen molar-refractivity contribution in [1.29, 1.82) is 0 Å². The van der Waals surface area contributed by atoms with E-state index in [1.54, 1.807) is 4.57 Å². The quantitative estimate of drug-likeness (QED) is 0.393. The zero-order chi connectivity index (χ0) is 23.1. The van der Waals surface area contributed by atoms with Crippen molar-refractivity contribution in [3.63, 3.8) is 0 Å². The molecule has 0 saturated heterocycles. The standard InChI is InChI=1S/C27H35N3O2/c1-5-6-12-17-29(25(31)18-20(2)3)21(4)26-28-24-16-11-10-15-23(24)27(32)30(26)19-22-13-8-7-9-14-22/h7-11,13-16,20-21H,5-6,12,17-19H2,1-4H3. The summed E-state index contributed by atoms with van der Waals surface area (Å²) in [6.07, 6.45) is 3.60. The minimum Gasteiger partial charge on any atom is -0.333 e. The van der Waals surface area contributed by atoms with E-state index in [2.05, 4.69) is 20.8 Å². The molecule has 0 aliphatic heterocycles. The second-order valence-corrected chi connectivity index (χ2v) is 8.93. The summed E-state index contributed by atoms with van der Waals surface area (Å²) in [7, 11) is 0. The summed E-state index contributed by atoms with van der Waals surface area (Å²) in [5.74, 6) is 1.04. The molecule has 2 aromatic carbocycles. The second kappa shape index (κ2) is 11.1. The zero-order valence-corrected chi connectivity index (χ0v) is 19.8. The van der Waals surface area contributed by atoms with E-state index in [9.17, 15) is 9.59 Å². The summed E-state index contributed by atoms with van der Waals surface area (Å²) in [4.78, 5) is 33.5. The first-order valence-electron chi connectivity index (χ1n) is 11.7. The number of hydrogen-bond acceptors (Lipinski definition) is 3. The molecule has 0 aliphatic rings. The van der Waals surface area contributed by atoms with Crippen molar-refractivity contribution >= 4 is 16.8 Å². The molecule has 1 amide bonds. The van der Waals surface area contributed by atoms with Gasteiger partial charge in [-0.25, -0.2) is 4.98 Å². The second-order valence-electron chi connectivity index (χ2n) is 8.93. The smallest absolute Gasteiger partial charge is 0.261 e. The molecule has 1 atom stereocenters. The Bertz CT molecular complexity index is 1090. The van der Waals surface area contributed by atoms with Gasteiger partial charge in [-0.3, -0.25) is 14.2 Å². The Morgan fingerprint density at radius 2 is 1.69 bits per heavy atom. The normalized spacial score (nSPS) is 12.3. The van der Waals surface area contributed by atoms with Gasteiger partial charge in [-0.1, -0.05) is 76.1 Å². The van der Waals surface area contributed by atoms with Crippen LogP contribution in [0.2, 0.25) is 0 Å². The molecule has 5 heteroatoms. The summed E-state index contributed by atoms with van der Waals surface area (Å²) in [6, 6.07) is 17.1. The molecule has 0 spiro atoms. The third kappa shape index (κ3) is 5.64. The molecule has 0 saturated carbocycles. The number of hydrogen-bond donors (Lipinski definition) is 0. The van der Waals surface area contributed by atoms with Crippen molar-refractivity contribution in [1.82, 2.24) is 14.5 Å². The lowest BCUT2D eigenvalue weighted by atomic mass is 10.1. The fraction of sp³-hybridized carbons (Fsp3) is 0.444. The van der Waals surface area contributed by atoms with Gasteiger partial charge in [0.2, 0.25) is 5.91 Å². The van der Waals surface area contributed by atoms with Gasteiger partial charge in [0, 0.05) is 13.0 Å². The number of carbonyl (C=O) groups excluding carboxylic acids is 1. The molecule has 0 N–H and O–H groups in total. The van der Waals surface area contributed by atoms with Crippen LogP contribution in [0.5, 0.6) is 0 Å². The highest BCUT2D eigenvalue weighted by atomic mass is 16.2. The van der Waals surface area contributed by atoms with Gasteiger partial charge in [-0.05, 0) is 37.0 Å². The van der Waals surface area contributed by atoms with E-state index in [1.807, 2.05) is 66.4 Å². The van der Waals surface area contributed by atoms with Crippen LogP contribution >= 0.6 is 0 Å². The zero-order valence-electron chi connectivity index (χ0n) is 19.8. The maximum absolute atomic E-state index is 13.5. The summed E-state index contributed by atoms with van der Waals surface area (Å²) in [5.41, 5.74) is 1.64. The van der Waals surface area contributed by atoms with E-state index in [-0.39, 0.29) is 23.4 Å². The van der Waals surface area contributed by atoms with Crippen molar-refractivity contribution < 1.29 is 4.79 Å². The Hall–Kier alpha value is -2.95. The predicted molar refractivity (Wildman–Crippen MR) is 131 cm³/mol. The highest BCUT2D eigenvalue weighted by Gasteiger charge is 2.26. The summed E-state index contributed by atoms with van der Waals surface area (Å²) >= 11 is 0. The van der Waals surface area contributed by atoms with Crippen molar-refractivity contribution in [2.75, 3.05) is 6.54 Å². The Kier molecular flexibility index (Phi) is 8.20. The first-order chi connectivity index (χ1) is 15.4. The van der Waals surface area contributed by atoms with Crippen LogP contribution in [0, 0.1) is 5.92 Å². The van der Waals surface area contributed by atoms with Crippen molar-refractivity contribution in [3.05, 3.63) is 76.3 Å². The third-order valence-electron chi connectivity index (χ3n) is 5.82. The Morgan fingerprint density at radius 3 is 2.38 bits per heavy atom. The Morgan fingerprint density at radius 1 is 1.00 bits per heavy atom. The molecule has 0 bridgehead atoms. The number of rotatable bonds is 10. The summed E-state index contributed by atoms with van der Waals surface area (Å²) < 4.78 is 1.75. The van der Waals surface area contributed by atoms with E-state index < -0.39 is 0 Å². The lowest BCUT2D eigenvalue weighted by molar-refractivity contribution is -0.134. The van der Waals surface area contributed by atoms with Crippen LogP contribution in [0.4, 0.5) is 0 Å². The topological polar surface area (TPSA) is 55.2 Å². The molecular weight excluding hydrogens is 398 g/mol. The maximum atomic E-state index is 13.5. The minimum absolute atomic E-state index is 0.0638. The van der Waals surface area contributed by atoms with Gasteiger partial charge in [0.05, 0.1) is 23.5 Å². The van der Waals surface area contributed by atoms with E-state index in [1.165, 1.54) is 0 Å². The number of nitrogens with zero attached hydrogens (tertiary/aromatic N) is 3. The SMILES string of the molecule is CCCCCN(C(=O)CC(C)C)C(C)c1nc2ccccc2c(=O)n1Cc1ccccc1. The first-order valence-corrected chi connectivity index (χ1v) is 11.7. The number of unbranched alkanes of at least 4 members (excludes halogenated alkanes) is 2. The van der Waals surface area contributed by atoms with Crippen LogP contribution in [-0.4, -0.2) is 26.9 Å².